The predicted molar refractivity (Wildman–Crippen MR) is 83.1 cm³/mol. The molecule has 0 aliphatic carbocycles. The maximum absolute atomic E-state index is 13.8. The second-order valence-electron chi connectivity index (χ2n) is 4.59. The molecule has 2 nitrogen and oxygen atoms in total. The molecule has 1 aromatic heterocycles. The highest BCUT2D eigenvalue weighted by molar-refractivity contribution is 9.10. The largest absolute Gasteiger partial charge is 0.376 e. The van der Waals surface area contributed by atoms with Gasteiger partial charge in [0.1, 0.15) is 17.3 Å². The fraction of sp³-hybridized carbons (Fsp3) is 0.0625. The lowest BCUT2D eigenvalue weighted by atomic mass is 10.1. The summed E-state index contributed by atoms with van der Waals surface area (Å²) in [5.41, 5.74) is 1.66. The van der Waals surface area contributed by atoms with Gasteiger partial charge in [0, 0.05) is 22.6 Å². The number of nitrogens with zero attached hydrogens (tertiary/aromatic N) is 1. The maximum atomic E-state index is 13.8. The van der Waals surface area contributed by atoms with E-state index in [1.165, 1.54) is 12.1 Å². The van der Waals surface area contributed by atoms with Crippen LogP contribution in [0.5, 0.6) is 0 Å². The minimum atomic E-state index is -0.625. The molecule has 0 aliphatic heterocycles. The smallest absolute Gasteiger partial charge is 0.150 e. The van der Waals surface area contributed by atoms with Gasteiger partial charge in [0.05, 0.1) is 5.52 Å². The van der Waals surface area contributed by atoms with Crippen LogP contribution in [-0.4, -0.2) is 4.98 Å². The first-order valence-electron chi connectivity index (χ1n) is 6.36. The van der Waals surface area contributed by atoms with E-state index in [0.29, 0.717) is 11.0 Å². The Morgan fingerprint density at radius 1 is 1.05 bits per heavy atom. The Morgan fingerprint density at radius 3 is 2.52 bits per heavy atom. The van der Waals surface area contributed by atoms with E-state index in [-0.39, 0.29) is 5.69 Å². The Hall–Kier alpha value is -2.01. The molecule has 0 bridgehead atoms. The molecule has 0 fully saturated rings. The molecule has 0 atom stereocenters. The van der Waals surface area contributed by atoms with Gasteiger partial charge in [-0.05, 0) is 29.8 Å². The van der Waals surface area contributed by atoms with Crippen LogP contribution in [0.25, 0.3) is 10.9 Å². The van der Waals surface area contributed by atoms with Gasteiger partial charge in [-0.15, -0.1) is 0 Å². The molecule has 0 unspecified atom stereocenters. The molecular weight excluding hydrogens is 338 g/mol. The third-order valence-electron chi connectivity index (χ3n) is 3.20. The predicted octanol–water partition coefficient (Wildman–Crippen LogP) is 4.89. The molecule has 106 valence electrons. The van der Waals surface area contributed by atoms with E-state index in [1.54, 1.807) is 6.20 Å². The van der Waals surface area contributed by atoms with Crippen molar-refractivity contribution in [2.75, 3.05) is 5.32 Å². The highest BCUT2D eigenvalue weighted by atomic mass is 79.9. The maximum Gasteiger partial charge on any atom is 0.150 e. The van der Waals surface area contributed by atoms with Crippen LogP contribution in [0.3, 0.4) is 0 Å². The molecule has 3 rings (SSSR count). The lowest BCUT2D eigenvalue weighted by Crippen LogP contribution is -2.04. The van der Waals surface area contributed by atoms with Gasteiger partial charge in [0.25, 0.3) is 0 Å². The summed E-state index contributed by atoms with van der Waals surface area (Å²) in [6.45, 7) is 0.318. The van der Waals surface area contributed by atoms with Crippen molar-refractivity contribution < 1.29 is 8.78 Å². The van der Waals surface area contributed by atoms with Crippen molar-refractivity contribution in [2.24, 2.45) is 0 Å². The van der Waals surface area contributed by atoms with Crippen molar-refractivity contribution in [1.29, 1.82) is 0 Å². The van der Waals surface area contributed by atoms with Crippen LogP contribution in [0.1, 0.15) is 5.56 Å². The molecule has 0 saturated heterocycles. The standard InChI is InChI=1S/C16H11BrF2N2/c17-11-7-13(18)16(14(19)8-11)21-9-10-5-6-20-15-4-2-1-3-12(10)15/h1-8,21H,9H2. The molecule has 3 aromatic rings. The molecule has 0 aliphatic rings. The third kappa shape index (κ3) is 2.88. The summed E-state index contributed by atoms with van der Waals surface area (Å²) >= 11 is 3.06. The molecule has 1 heterocycles. The zero-order valence-electron chi connectivity index (χ0n) is 10.9. The Labute approximate surface area is 129 Å². The van der Waals surface area contributed by atoms with Crippen LogP contribution in [0, 0.1) is 11.6 Å². The fourth-order valence-electron chi connectivity index (χ4n) is 2.20. The van der Waals surface area contributed by atoms with Gasteiger partial charge >= 0.3 is 0 Å². The Kier molecular flexibility index (Phi) is 3.84. The molecule has 21 heavy (non-hydrogen) atoms. The number of hydrogen-bond acceptors (Lipinski definition) is 2. The lowest BCUT2D eigenvalue weighted by Gasteiger charge is -2.11. The number of aromatic nitrogens is 1. The minimum absolute atomic E-state index is 0.126. The number of anilines is 1. The van der Waals surface area contributed by atoms with Gasteiger partial charge in [-0.3, -0.25) is 4.98 Å². The van der Waals surface area contributed by atoms with E-state index >= 15 is 0 Å². The zero-order chi connectivity index (χ0) is 14.8. The summed E-state index contributed by atoms with van der Waals surface area (Å²) < 4.78 is 27.9. The van der Waals surface area contributed by atoms with Crippen molar-refractivity contribution in [1.82, 2.24) is 4.98 Å². The van der Waals surface area contributed by atoms with Crippen LogP contribution in [-0.2, 0) is 6.54 Å². The number of nitrogens with one attached hydrogen (secondary N) is 1. The van der Waals surface area contributed by atoms with Gasteiger partial charge < -0.3 is 5.32 Å². The highest BCUT2D eigenvalue weighted by Crippen LogP contribution is 2.25. The molecular formula is C16H11BrF2N2. The minimum Gasteiger partial charge on any atom is -0.376 e. The molecule has 2 aromatic carbocycles. The normalized spacial score (nSPS) is 10.8. The van der Waals surface area contributed by atoms with Crippen molar-refractivity contribution >= 4 is 32.5 Å². The first kappa shape index (κ1) is 13.9. The van der Waals surface area contributed by atoms with Gasteiger partial charge in [0.15, 0.2) is 0 Å². The SMILES string of the molecule is Fc1cc(Br)cc(F)c1NCc1ccnc2ccccc12. The first-order valence-corrected chi connectivity index (χ1v) is 7.15. The summed E-state index contributed by atoms with van der Waals surface area (Å²) in [4.78, 5) is 4.26. The molecule has 5 heteroatoms. The van der Waals surface area contributed by atoms with E-state index in [2.05, 4.69) is 26.2 Å². The van der Waals surface area contributed by atoms with E-state index in [4.69, 9.17) is 0 Å². The van der Waals surface area contributed by atoms with E-state index in [9.17, 15) is 8.78 Å². The summed E-state index contributed by atoms with van der Waals surface area (Å²) in [6, 6.07) is 12.0. The Balaban J connectivity index is 1.91. The number of halogens is 3. The number of pyridine rings is 1. The van der Waals surface area contributed by atoms with Gasteiger partial charge in [-0.1, -0.05) is 34.1 Å². The topological polar surface area (TPSA) is 24.9 Å². The van der Waals surface area contributed by atoms with E-state index in [1.807, 2.05) is 30.3 Å². The average molecular weight is 349 g/mol. The van der Waals surface area contributed by atoms with Crippen LogP contribution >= 0.6 is 15.9 Å². The number of fused-ring (bicyclic) bond motifs is 1. The zero-order valence-corrected chi connectivity index (χ0v) is 12.5. The monoisotopic (exact) mass is 348 g/mol. The first-order chi connectivity index (χ1) is 10.1. The fourth-order valence-corrected chi connectivity index (χ4v) is 2.61. The van der Waals surface area contributed by atoms with Crippen LogP contribution in [0.15, 0.2) is 53.1 Å². The van der Waals surface area contributed by atoms with Gasteiger partial charge in [-0.25, -0.2) is 8.78 Å². The van der Waals surface area contributed by atoms with E-state index in [0.717, 1.165) is 16.5 Å². The average Bonchev–Trinajstić information content (AvgIpc) is 2.46. The Morgan fingerprint density at radius 2 is 1.76 bits per heavy atom. The summed E-state index contributed by atoms with van der Waals surface area (Å²) in [7, 11) is 0. The summed E-state index contributed by atoms with van der Waals surface area (Å²) in [5.74, 6) is -1.25. The van der Waals surface area contributed by atoms with Gasteiger partial charge in [0.2, 0.25) is 0 Å². The lowest BCUT2D eigenvalue weighted by molar-refractivity contribution is 0.586. The van der Waals surface area contributed by atoms with Crippen molar-refractivity contribution in [3.8, 4) is 0 Å². The Bertz CT molecular complexity index is 777. The summed E-state index contributed by atoms with van der Waals surface area (Å²) in [6.07, 6.45) is 1.69. The highest BCUT2D eigenvalue weighted by Gasteiger charge is 2.10. The van der Waals surface area contributed by atoms with Crippen molar-refractivity contribution in [3.05, 3.63) is 70.3 Å². The molecule has 0 spiro atoms. The van der Waals surface area contributed by atoms with Gasteiger partial charge in [-0.2, -0.15) is 0 Å². The third-order valence-corrected chi connectivity index (χ3v) is 3.66. The molecule has 0 amide bonds. The van der Waals surface area contributed by atoms with Crippen LogP contribution < -0.4 is 5.32 Å². The number of para-hydroxylation sites is 1. The number of benzene rings is 2. The molecule has 0 saturated carbocycles. The second kappa shape index (κ2) is 5.77. The second-order valence-corrected chi connectivity index (χ2v) is 5.50. The molecule has 1 N–H and O–H groups in total. The van der Waals surface area contributed by atoms with Crippen molar-refractivity contribution in [2.45, 2.75) is 6.54 Å². The van der Waals surface area contributed by atoms with Crippen LogP contribution in [0.2, 0.25) is 0 Å². The number of hydrogen-bond donors (Lipinski definition) is 1. The molecule has 0 radical (unpaired) electrons. The van der Waals surface area contributed by atoms with Crippen LogP contribution in [0.4, 0.5) is 14.5 Å². The summed E-state index contributed by atoms with van der Waals surface area (Å²) in [5, 5.41) is 3.78. The quantitative estimate of drug-likeness (QED) is 0.728. The number of rotatable bonds is 3. The van der Waals surface area contributed by atoms with E-state index < -0.39 is 11.6 Å². The van der Waals surface area contributed by atoms with Crippen molar-refractivity contribution in [3.63, 3.8) is 0 Å².